The van der Waals surface area contributed by atoms with E-state index >= 15 is 0 Å². The smallest absolute Gasteiger partial charge is 0.257 e. The highest BCUT2D eigenvalue weighted by atomic mass is 16.3. The lowest BCUT2D eigenvalue weighted by molar-refractivity contribution is 0.0640. The number of amides is 1. The SMILES string of the molecule is Cc1nn(C2=CC=CC(O)C2)c(C)c1C(=O)N1CCC(N2CCC(C)C2)CC1. The highest BCUT2D eigenvalue weighted by Gasteiger charge is 2.32. The van der Waals surface area contributed by atoms with Crippen molar-refractivity contribution in [2.75, 3.05) is 26.2 Å². The van der Waals surface area contributed by atoms with Crippen molar-refractivity contribution in [2.24, 2.45) is 5.92 Å². The molecule has 2 unspecified atom stereocenters. The first-order chi connectivity index (χ1) is 13.4. The van der Waals surface area contributed by atoms with Crippen molar-refractivity contribution in [3.63, 3.8) is 0 Å². The zero-order valence-electron chi connectivity index (χ0n) is 17.3. The first-order valence-electron chi connectivity index (χ1n) is 10.6. The van der Waals surface area contributed by atoms with Crippen molar-refractivity contribution in [1.29, 1.82) is 0 Å². The molecule has 2 atom stereocenters. The van der Waals surface area contributed by atoms with Gasteiger partial charge in [0.1, 0.15) is 0 Å². The fraction of sp³-hybridized carbons (Fsp3) is 0.636. The predicted octanol–water partition coefficient (Wildman–Crippen LogP) is 2.61. The average molecular weight is 385 g/mol. The monoisotopic (exact) mass is 384 g/mol. The highest BCUT2D eigenvalue weighted by Crippen LogP contribution is 2.27. The number of carbonyl (C=O) groups is 1. The number of hydrogen-bond donors (Lipinski definition) is 1. The molecule has 0 bridgehead atoms. The van der Waals surface area contributed by atoms with Gasteiger partial charge >= 0.3 is 0 Å². The molecule has 0 radical (unpaired) electrons. The van der Waals surface area contributed by atoms with Gasteiger partial charge in [-0.15, -0.1) is 0 Å². The Morgan fingerprint density at radius 2 is 1.93 bits per heavy atom. The Kier molecular flexibility index (Phi) is 5.43. The summed E-state index contributed by atoms with van der Waals surface area (Å²) in [7, 11) is 0. The Morgan fingerprint density at radius 3 is 2.57 bits per heavy atom. The van der Waals surface area contributed by atoms with Gasteiger partial charge in [0.2, 0.25) is 0 Å². The second-order valence-corrected chi connectivity index (χ2v) is 8.68. The van der Waals surface area contributed by atoms with E-state index in [1.54, 1.807) is 6.08 Å². The Bertz CT molecular complexity index is 802. The van der Waals surface area contributed by atoms with Crippen LogP contribution in [-0.4, -0.2) is 68.9 Å². The van der Waals surface area contributed by atoms with Gasteiger partial charge in [0, 0.05) is 37.8 Å². The first-order valence-corrected chi connectivity index (χ1v) is 10.6. The van der Waals surface area contributed by atoms with E-state index in [4.69, 9.17) is 0 Å². The average Bonchev–Trinajstić information content (AvgIpc) is 3.24. The second-order valence-electron chi connectivity index (χ2n) is 8.68. The maximum atomic E-state index is 13.3. The Hall–Kier alpha value is -1.92. The van der Waals surface area contributed by atoms with E-state index in [0.717, 1.165) is 54.5 Å². The van der Waals surface area contributed by atoms with Gasteiger partial charge in [-0.1, -0.05) is 19.1 Å². The van der Waals surface area contributed by atoms with E-state index in [2.05, 4.69) is 16.9 Å². The molecule has 152 valence electrons. The molecular weight excluding hydrogens is 352 g/mol. The summed E-state index contributed by atoms with van der Waals surface area (Å²) in [4.78, 5) is 17.9. The Labute approximate surface area is 167 Å². The molecule has 1 aromatic rings. The van der Waals surface area contributed by atoms with Gasteiger partial charge in [0.25, 0.3) is 5.91 Å². The summed E-state index contributed by atoms with van der Waals surface area (Å²) in [5, 5.41) is 14.5. The molecule has 3 aliphatic rings. The molecular formula is C22H32N4O2. The number of carbonyl (C=O) groups excluding carboxylic acids is 1. The molecule has 1 aliphatic carbocycles. The number of aliphatic hydroxyl groups is 1. The lowest BCUT2D eigenvalue weighted by Gasteiger charge is -2.36. The largest absolute Gasteiger partial charge is 0.389 e. The van der Waals surface area contributed by atoms with Gasteiger partial charge in [-0.2, -0.15) is 5.10 Å². The number of allylic oxidation sites excluding steroid dienone is 2. The number of aromatic nitrogens is 2. The van der Waals surface area contributed by atoms with E-state index in [0.29, 0.717) is 12.5 Å². The van der Waals surface area contributed by atoms with E-state index in [9.17, 15) is 9.90 Å². The number of likely N-dealkylation sites (tertiary alicyclic amines) is 2. The fourth-order valence-electron chi connectivity index (χ4n) is 4.93. The van der Waals surface area contributed by atoms with Gasteiger partial charge < -0.3 is 10.0 Å². The summed E-state index contributed by atoms with van der Waals surface area (Å²) < 4.78 is 1.83. The van der Waals surface area contributed by atoms with Crippen LogP contribution in [0.3, 0.4) is 0 Å². The molecule has 2 fully saturated rings. The van der Waals surface area contributed by atoms with Crippen LogP contribution in [0.5, 0.6) is 0 Å². The van der Waals surface area contributed by atoms with Gasteiger partial charge in [-0.3, -0.25) is 9.69 Å². The van der Waals surface area contributed by atoms with Crippen LogP contribution in [-0.2, 0) is 0 Å². The summed E-state index contributed by atoms with van der Waals surface area (Å²) in [6, 6.07) is 0.625. The van der Waals surface area contributed by atoms with Crippen LogP contribution >= 0.6 is 0 Å². The van der Waals surface area contributed by atoms with Gasteiger partial charge in [-0.05, 0) is 51.6 Å². The van der Waals surface area contributed by atoms with Crippen LogP contribution in [0.25, 0.3) is 5.70 Å². The first kappa shape index (κ1) is 19.4. The third kappa shape index (κ3) is 3.67. The standard InChI is InChI=1S/C22H32N4O2/c1-15-7-10-25(14-15)18-8-11-24(12-9-18)22(28)21-16(2)23-26(17(21)3)19-5-4-6-20(27)13-19/h4-6,15,18,20,27H,7-14H2,1-3H3. The summed E-state index contributed by atoms with van der Waals surface area (Å²) >= 11 is 0. The van der Waals surface area contributed by atoms with Gasteiger partial charge in [0.05, 0.1) is 23.1 Å². The van der Waals surface area contributed by atoms with Crippen molar-refractivity contribution >= 4 is 11.6 Å². The summed E-state index contributed by atoms with van der Waals surface area (Å²) in [5.74, 6) is 0.903. The van der Waals surface area contributed by atoms with Crippen LogP contribution in [0.2, 0.25) is 0 Å². The second kappa shape index (κ2) is 7.84. The molecule has 2 saturated heterocycles. The molecule has 0 spiro atoms. The van der Waals surface area contributed by atoms with Crippen molar-refractivity contribution in [2.45, 2.75) is 58.6 Å². The lowest BCUT2D eigenvalue weighted by Crippen LogP contribution is -2.46. The number of hydrogen-bond acceptors (Lipinski definition) is 4. The summed E-state index contributed by atoms with van der Waals surface area (Å²) in [6.45, 7) is 10.3. The van der Waals surface area contributed by atoms with E-state index in [1.807, 2.05) is 35.6 Å². The molecule has 1 N–H and O–H groups in total. The van der Waals surface area contributed by atoms with Crippen LogP contribution in [0.15, 0.2) is 18.2 Å². The molecule has 4 rings (SSSR count). The highest BCUT2D eigenvalue weighted by molar-refractivity contribution is 5.96. The molecule has 0 saturated carbocycles. The minimum Gasteiger partial charge on any atom is -0.389 e. The number of rotatable bonds is 3. The normalized spacial score (nSPS) is 26.7. The van der Waals surface area contributed by atoms with Crippen LogP contribution in [0.1, 0.15) is 54.4 Å². The molecule has 3 heterocycles. The topological polar surface area (TPSA) is 61.6 Å². The van der Waals surface area contributed by atoms with Crippen LogP contribution < -0.4 is 0 Å². The number of nitrogens with zero attached hydrogens (tertiary/aromatic N) is 4. The van der Waals surface area contributed by atoms with Gasteiger partial charge in [-0.25, -0.2) is 4.68 Å². The van der Waals surface area contributed by atoms with Crippen molar-refractivity contribution in [3.8, 4) is 0 Å². The molecule has 28 heavy (non-hydrogen) atoms. The van der Waals surface area contributed by atoms with E-state index < -0.39 is 6.10 Å². The zero-order chi connectivity index (χ0) is 19.8. The third-order valence-corrected chi connectivity index (χ3v) is 6.54. The Morgan fingerprint density at radius 1 is 1.18 bits per heavy atom. The minimum absolute atomic E-state index is 0.0991. The van der Waals surface area contributed by atoms with E-state index in [-0.39, 0.29) is 5.91 Å². The number of aliphatic hydroxyl groups excluding tert-OH is 1. The fourth-order valence-corrected chi connectivity index (χ4v) is 4.93. The van der Waals surface area contributed by atoms with Gasteiger partial charge in [0.15, 0.2) is 0 Å². The quantitative estimate of drug-likeness (QED) is 0.870. The molecule has 6 heteroatoms. The molecule has 1 amide bonds. The minimum atomic E-state index is -0.490. The summed E-state index contributed by atoms with van der Waals surface area (Å²) in [5.41, 5.74) is 3.28. The predicted molar refractivity (Wildman–Crippen MR) is 110 cm³/mol. The Balaban J connectivity index is 1.46. The molecule has 6 nitrogen and oxygen atoms in total. The third-order valence-electron chi connectivity index (χ3n) is 6.54. The maximum Gasteiger partial charge on any atom is 0.257 e. The molecule has 2 aliphatic heterocycles. The van der Waals surface area contributed by atoms with Crippen molar-refractivity contribution < 1.29 is 9.90 Å². The summed E-state index contributed by atoms with van der Waals surface area (Å²) in [6.07, 6.45) is 9.04. The van der Waals surface area contributed by atoms with Crippen molar-refractivity contribution in [1.82, 2.24) is 19.6 Å². The van der Waals surface area contributed by atoms with Crippen molar-refractivity contribution in [3.05, 3.63) is 35.2 Å². The van der Waals surface area contributed by atoms with Crippen LogP contribution in [0, 0.1) is 19.8 Å². The van der Waals surface area contributed by atoms with Crippen LogP contribution in [0.4, 0.5) is 0 Å². The maximum absolute atomic E-state index is 13.3. The lowest BCUT2D eigenvalue weighted by atomic mass is 10.0. The van der Waals surface area contributed by atoms with E-state index in [1.165, 1.54) is 19.5 Å². The molecule has 1 aromatic heterocycles. The number of aryl methyl sites for hydroxylation is 1. The zero-order valence-corrected chi connectivity index (χ0v) is 17.3. The number of piperidine rings is 1. The molecule has 0 aromatic carbocycles.